The number of carbonyl (C=O) groups is 2. The Morgan fingerprint density at radius 2 is 2.46 bits per heavy atom. The van der Waals surface area contributed by atoms with Gasteiger partial charge in [0.2, 0.25) is 11.8 Å². The number of amides is 2. The molecule has 2 amide bonds. The third-order valence-electron chi connectivity index (χ3n) is 2.54. The summed E-state index contributed by atoms with van der Waals surface area (Å²) in [5.41, 5.74) is 5.07. The van der Waals surface area contributed by atoms with Gasteiger partial charge >= 0.3 is 0 Å². The number of hydrogen-bond donors (Lipinski definition) is 2. The SMILES string of the molecule is CC(CC(N)=O)C1CCCNC1=O. The van der Waals surface area contributed by atoms with E-state index < -0.39 is 0 Å². The zero-order valence-electron chi connectivity index (χ0n) is 7.88. The van der Waals surface area contributed by atoms with Gasteiger partial charge in [0, 0.05) is 18.9 Å². The van der Waals surface area contributed by atoms with Gasteiger partial charge in [0.05, 0.1) is 0 Å². The third kappa shape index (κ3) is 2.72. The number of hydrogen-bond acceptors (Lipinski definition) is 2. The maximum atomic E-state index is 11.4. The van der Waals surface area contributed by atoms with Crippen molar-refractivity contribution in [2.45, 2.75) is 26.2 Å². The van der Waals surface area contributed by atoms with Crippen molar-refractivity contribution in [3.05, 3.63) is 0 Å². The lowest BCUT2D eigenvalue weighted by molar-refractivity contribution is -0.129. The minimum atomic E-state index is -0.328. The molecular weight excluding hydrogens is 168 g/mol. The van der Waals surface area contributed by atoms with Crippen molar-refractivity contribution >= 4 is 11.8 Å². The molecule has 1 aliphatic rings. The first-order chi connectivity index (χ1) is 6.11. The second-order valence-electron chi connectivity index (χ2n) is 3.69. The lowest BCUT2D eigenvalue weighted by Gasteiger charge is -2.26. The van der Waals surface area contributed by atoms with Gasteiger partial charge in [-0.3, -0.25) is 9.59 Å². The fourth-order valence-electron chi connectivity index (χ4n) is 1.80. The van der Waals surface area contributed by atoms with E-state index in [0.29, 0.717) is 6.42 Å². The molecule has 4 nitrogen and oxygen atoms in total. The van der Waals surface area contributed by atoms with Crippen LogP contribution in [0.2, 0.25) is 0 Å². The van der Waals surface area contributed by atoms with Gasteiger partial charge in [-0.15, -0.1) is 0 Å². The van der Waals surface area contributed by atoms with E-state index >= 15 is 0 Å². The van der Waals surface area contributed by atoms with Gasteiger partial charge in [-0.1, -0.05) is 6.92 Å². The predicted molar refractivity (Wildman–Crippen MR) is 48.7 cm³/mol. The van der Waals surface area contributed by atoms with E-state index in [9.17, 15) is 9.59 Å². The fraction of sp³-hybridized carbons (Fsp3) is 0.778. The third-order valence-corrected chi connectivity index (χ3v) is 2.54. The molecule has 0 aromatic rings. The number of nitrogens with one attached hydrogen (secondary N) is 1. The van der Waals surface area contributed by atoms with Crippen LogP contribution < -0.4 is 11.1 Å². The number of rotatable bonds is 3. The Morgan fingerprint density at radius 1 is 1.77 bits per heavy atom. The standard InChI is InChI=1S/C9H16N2O2/c1-6(5-8(10)12)7-3-2-4-11-9(7)13/h6-7H,2-5H2,1H3,(H2,10,12)(H,11,13). The Hall–Kier alpha value is -1.06. The van der Waals surface area contributed by atoms with Gasteiger partial charge in [0.15, 0.2) is 0 Å². The molecule has 0 aliphatic carbocycles. The molecule has 0 aromatic carbocycles. The average Bonchev–Trinajstić information content (AvgIpc) is 2.03. The van der Waals surface area contributed by atoms with E-state index in [4.69, 9.17) is 5.73 Å². The highest BCUT2D eigenvalue weighted by Gasteiger charge is 2.28. The maximum absolute atomic E-state index is 11.4. The van der Waals surface area contributed by atoms with Gasteiger partial charge in [0.1, 0.15) is 0 Å². The first-order valence-electron chi connectivity index (χ1n) is 4.67. The van der Waals surface area contributed by atoms with Crippen molar-refractivity contribution in [1.29, 1.82) is 0 Å². The second-order valence-corrected chi connectivity index (χ2v) is 3.69. The molecule has 0 radical (unpaired) electrons. The summed E-state index contributed by atoms with van der Waals surface area (Å²) in [5.74, 6) is -0.218. The zero-order valence-corrected chi connectivity index (χ0v) is 7.88. The first kappa shape index (κ1) is 10.0. The Bertz CT molecular complexity index is 216. The van der Waals surface area contributed by atoms with Crippen LogP contribution in [-0.2, 0) is 9.59 Å². The molecular formula is C9H16N2O2. The summed E-state index contributed by atoms with van der Waals surface area (Å²) in [4.78, 5) is 22.0. The lowest BCUT2D eigenvalue weighted by atomic mass is 9.84. The number of nitrogens with two attached hydrogens (primary N) is 1. The summed E-state index contributed by atoms with van der Waals surface area (Å²) < 4.78 is 0. The van der Waals surface area contributed by atoms with Crippen LogP contribution in [0.5, 0.6) is 0 Å². The zero-order chi connectivity index (χ0) is 9.84. The van der Waals surface area contributed by atoms with Crippen molar-refractivity contribution in [3.8, 4) is 0 Å². The van der Waals surface area contributed by atoms with Crippen molar-refractivity contribution in [2.24, 2.45) is 17.6 Å². The van der Waals surface area contributed by atoms with Crippen molar-refractivity contribution in [1.82, 2.24) is 5.32 Å². The van der Waals surface area contributed by atoms with Gasteiger partial charge in [-0.2, -0.15) is 0 Å². The smallest absolute Gasteiger partial charge is 0.223 e. The molecule has 1 rings (SSSR count). The summed E-state index contributed by atoms with van der Waals surface area (Å²) in [6.45, 7) is 2.67. The van der Waals surface area contributed by atoms with E-state index in [1.54, 1.807) is 0 Å². The minimum Gasteiger partial charge on any atom is -0.370 e. The molecule has 1 aliphatic heterocycles. The summed E-state index contributed by atoms with van der Waals surface area (Å²) in [7, 11) is 0. The van der Waals surface area contributed by atoms with Gasteiger partial charge in [-0.05, 0) is 18.8 Å². The van der Waals surface area contributed by atoms with Crippen LogP contribution in [-0.4, -0.2) is 18.4 Å². The van der Waals surface area contributed by atoms with E-state index in [1.807, 2.05) is 6.92 Å². The van der Waals surface area contributed by atoms with E-state index in [2.05, 4.69) is 5.32 Å². The van der Waals surface area contributed by atoms with Gasteiger partial charge < -0.3 is 11.1 Å². The highest BCUT2D eigenvalue weighted by Crippen LogP contribution is 2.22. The molecule has 1 saturated heterocycles. The molecule has 1 fully saturated rings. The average molecular weight is 184 g/mol. The molecule has 1 heterocycles. The second kappa shape index (κ2) is 4.25. The molecule has 0 spiro atoms. The van der Waals surface area contributed by atoms with Crippen LogP contribution in [0.3, 0.4) is 0 Å². The van der Waals surface area contributed by atoms with Gasteiger partial charge in [-0.25, -0.2) is 0 Å². The Kier molecular flexibility index (Phi) is 3.28. The Morgan fingerprint density at radius 3 is 3.00 bits per heavy atom. The topological polar surface area (TPSA) is 72.2 Å². The molecule has 2 atom stereocenters. The van der Waals surface area contributed by atoms with Crippen LogP contribution in [0.25, 0.3) is 0 Å². The molecule has 4 heteroatoms. The quantitative estimate of drug-likeness (QED) is 0.649. The van der Waals surface area contributed by atoms with Crippen molar-refractivity contribution in [3.63, 3.8) is 0 Å². The minimum absolute atomic E-state index is 0.0266. The Balaban J connectivity index is 2.48. The lowest BCUT2D eigenvalue weighted by Crippen LogP contribution is -2.40. The number of piperidine rings is 1. The monoisotopic (exact) mass is 184 g/mol. The van der Waals surface area contributed by atoms with E-state index in [1.165, 1.54) is 0 Å². The van der Waals surface area contributed by atoms with Crippen LogP contribution in [0.4, 0.5) is 0 Å². The van der Waals surface area contributed by atoms with Crippen LogP contribution >= 0.6 is 0 Å². The molecule has 0 bridgehead atoms. The molecule has 0 aromatic heterocycles. The van der Waals surface area contributed by atoms with Crippen molar-refractivity contribution < 1.29 is 9.59 Å². The highest BCUT2D eigenvalue weighted by atomic mass is 16.2. The van der Waals surface area contributed by atoms with Crippen LogP contribution in [0, 0.1) is 11.8 Å². The van der Waals surface area contributed by atoms with E-state index in [-0.39, 0.29) is 23.7 Å². The molecule has 0 saturated carbocycles. The summed E-state index contributed by atoms with van der Waals surface area (Å²) in [6.07, 6.45) is 2.18. The number of primary amides is 1. The summed E-state index contributed by atoms with van der Waals surface area (Å²) >= 11 is 0. The number of carbonyl (C=O) groups excluding carboxylic acids is 2. The maximum Gasteiger partial charge on any atom is 0.223 e. The van der Waals surface area contributed by atoms with Crippen LogP contribution in [0.1, 0.15) is 26.2 Å². The van der Waals surface area contributed by atoms with Gasteiger partial charge in [0.25, 0.3) is 0 Å². The largest absolute Gasteiger partial charge is 0.370 e. The Labute approximate surface area is 77.9 Å². The van der Waals surface area contributed by atoms with Crippen molar-refractivity contribution in [2.75, 3.05) is 6.54 Å². The molecule has 3 N–H and O–H groups in total. The summed E-state index contributed by atoms with van der Waals surface area (Å²) in [6, 6.07) is 0. The molecule has 74 valence electrons. The van der Waals surface area contributed by atoms with E-state index in [0.717, 1.165) is 19.4 Å². The fourth-order valence-corrected chi connectivity index (χ4v) is 1.80. The molecule has 13 heavy (non-hydrogen) atoms. The summed E-state index contributed by atoms with van der Waals surface area (Å²) in [5, 5.41) is 2.80. The normalized spacial score (nSPS) is 25.0. The predicted octanol–water partition coefficient (Wildman–Crippen LogP) is 0.0241. The molecule has 2 unspecified atom stereocenters. The van der Waals surface area contributed by atoms with Crippen LogP contribution in [0.15, 0.2) is 0 Å². The first-order valence-corrected chi connectivity index (χ1v) is 4.67. The highest BCUT2D eigenvalue weighted by molar-refractivity contribution is 5.81.